The zero-order valence-electron chi connectivity index (χ0n) is 11.6. The van der Waals surface area contributed by atoms with Gasteiger partial charge in [0.2, 0.25) is 0 Å². The van der Waals surface area contributed by atoms with Crippen molar-refractivity contribution in [3.05, 3.63) is 11.5 Å². The van der Waals surface area contributed by atoms with Crippen LogP contribution in [-0.4, -0.2) is 30.8 Å². The Morgan fingerprint density at radius 2 is 2.26 bits per heavy atom. The number of aromatic nitrogens is 4. The molecular weight excluding hydrogens is 280 g/mol. The number of fused-ring (bicyclic) bond motifs is 1. The molecule has 0 bridgehead atoms. The molecule has 0 saturated carbocycles. The number of thioether (sulfide) groups is 1. The molecule has 0 N–H and O–H groups in total. The third-order valence-electron chi connectivity index (χ3n) is 3.72. The van der Waals surface area contributed by atoms with Crippen molar-refractivity contribution in [3.8, 4) is 0 Å². The molecule has 1 fully saturated rings. The number of halogens is 1. The fourth-order valence-electron chi connectivity index (χ4n) is 2.88. The summed E-state index contributed by atoms with van der Waals surface area (Å²) >= 11 is 8.36. The molecule has 2 aromatic rings. The smallest absolute Gasteiger partial charge is 0.158 e. The molecule has 19 heavy (non-hydrogen) atoms. The van der Waals surface area contributed by atoms with Crippen LogP contribution in [0.2, 0.25) is 0 Å². The molecule has 0 aliphatic carbocycles. The first-order valence-corrected chi connectivity index (χ1v) is 8.32. The highest BCUT2D eigenvalue weighted by molar-refractivity contribution is 7.99. The normalized spacial score (nSPS) is 22.0. The minimum absolute atomic E-state index is 0.0706. The number of alkyl halides is 1. The molecule has 1 aliphatic heterocycles. The molecule has 0 aromatic carbocycles. The van der Waals surface area contributed by atoms with E-state index < -0.39 is 0 Å². The molecule has 4 nitrogen and oxygen atoms in total. The van der Waals surface area contributed by atoms with Gasteiger partial charge in [-0.05, 0) is 32.4 Å². The number of hydrogen-bond donors (Lipinski definition) is 0. The molecule has 2 aromatic heterocycles. The van der Waals surface area contributed by atoms with E-state index in [1.165, 1.54) is 18.6 Å². The van der Waals surface area contributed by atoms with Crippen molar-refractivity contribution >= 4 is 34.5 Å². The molecule has 0 spiro atoms. The molecule has 2 unspecified atom stereocenters. The van der Waals surface area contributed by atoms with Gasteiger partial charge in [-0.2, -0.15) is 16.9 Å². The van der Waals surface area contributed by atoms with Gasteiger partial charge < -0.3 is 4.57 Å². The Morgan fingerprint density at radius 1 is 1.47 bits per heavy atom. The molecule has 6 heteroatoms. The van der Waals surface area contributed by atoms with Gasteiger partial charge in [0.05, 0.1) is 11.1 Å². The predicted molar refractivity (Wildman–Crippen MR) is 81.1 cm³/mol. The predicted octanol–water partition coefficient (Wildman–Crippen LogP) is 3.45. The summed E-state index contributed by atoms with van der Waals surface area (Å²) in [5.41, 5.74) is 3.10. The Balaban J connectivity index is 2.20. The Bertz CT molecular complexity index is 595. The fourth-order valence-corrected chi connectivity index (χ4v) is 4.16. The largest absolute Gasteiger partial charge is 0.308 e. The van der Waals surface area contributed by atoms with Gasteiger partial charge in [0.25, 0.3) is 0 Å². The first-order valence-electron chi connectivity index (χ1n) is 6.73. The highest BCUT2D eigenvalue weighted by Gasteiger charge is 2.26. The van der Waals surface area contributed by atoms with Crippen LogP contribution < -0.4 is 0 Å². The Hall–Kier alpha value is -0.680. The summed E-state index contributed by atoms with van der Waals surface area (Å²) in [7, 11) is 1.99. The van der Waals surface area contributed by atoms with Crippen molar-refractivity contribution in [1.82, 2.24) is 19.3 Å². The van der Waals surface area contributed by atoms with Crippen LogP contribution in [0, 0.1) is 6.92 Å². The van der Waals surface area contributed by atoms with Gasteiger partial charge in [0, 0.05) is 18.8 Å². The topological polar surface area (TPSA) is 35.6 Å². The Morgan fingerprint density at radius 3 is 2.89 bits per heavy atom. The van der Waals surface area contributed by atoms with Crippen molar-refractivity contribution < 1.29 is 0 Å². The van der Waals surface area contributed by atoms with Gasteiger partial charge in [-0.1, -0.05) is 0 Å². The maximum atomic E-state index is 6.34. The van der Waals surface area contributed by atoms with E-state index in [0.717, 1.165) is 28.4 Å². The van der Waals surface area contributed by atoms with Gasteiger partial charge in [0.15, 0.2) is 5.65 Å². The number of aryl methyl sites for hydroxylation is 2. The second-order valence-corrected chi connectivity index (χ2v) is 7.01. The summed E-state index contributed by atoms with van der Waals surface area (Å²) in [5, 5.41) is 4.42. The van der Waals surface area contributed by atoms with Crippen molar-refractivity contribution in [1.29, 1.82) is 0 Å². The average Bonchev–Trinajstić information content (AvgIpc) is 2.90. The van der Waals surface area contributed by atoms with Crippen LogP contribution in [0.3, 0.4) is 0 Å². The maximum absolute atomic E-state index is 6.34. The number of rotatable bonds is 2. The molecule has 3 heterocycles. The number of imidazole rings is 1. The zero-order valence-corrected chi connectivity index (χ0v) is 13.1. The first-order chi connectivity index (χ1) is 9.09. The van der Waals surface area contributed by atoms with E-state index in [2.05, 4.69) is 9.67 Å². The van der Waals surface area contributed by atoms with E-state index in [4.69, 9.17) is 16.6 Å². The highest BCUT2D eigenvalue weighted by Crippen LogP contribution is 2.34. The molecular formula is C13H19ClN4S. The lowest BCUT2D eigenvalue weighted by Gasteiger charge is -2.25. The fraction of sp³-hybridized carbons (Fsp3) is 0.692. The second kappa shape index (κ2) is 5.02. The van der Waals surface area contributed by atoms with Crippen molar-refractivity contribution in [2.45, 2.75) is 38.1 Å². The minimum Gasteiger partial charge on any atom is -0.308 e. The van der Waals surface area contributed by atoms with Gasteiger partial charge in [0.1, 0.15) is 11.3 Å². The quantitative estimate of drug-likeness (QED) is 0.797. The summed E-state index contributed by atoms with van der Waals surface area (Å²) in [6.45, 7) is 4.01. The van der Waals surface area contributed by atoms with Crippen LogP contribution in [0.25, 0.3) is 11.2 Å². The summed E-state index contributed by atoms with van der Waals surface area (Å²) in [6.07, 6.45) is 2.47. The summed E-state index contributed by atoms with van der Waals surface area (Å²) in [4.78, 5) is 4.75. The second-order valence-electron chi connectivity index (χ2n) is 5.21. The van der Waals surface area contributed by atoms with Crippen molar-refractivity contribution in [2.75, 3.05) is 11.5 Å². The first kappa shape index (κ1) is 13.3. The lowest BCUT2D eigenvalue weighted by atomic mass is 10.2. The Labute approximate surface area is 122 Å². The van der Waals surface area contributed by atoms with Gasteiger partial charge in [-0.15, -0.1) is 11.6 Å². The molecule has 0 radical (unpaired) electrons. The summed E-state index contributed by atoms with van der Waals surface area (Å²) in [6, 6.07) is 0.495. The van der Waals surface area contributed by atoms with E-state index in [9.17, 15) is 0 Å². The molecule has 104 valence electrons. The monoisotopic (exact) mass is 298 g/mol. The van der Waals surface area contributed by atoms with Gasteiger partial charge >= 0.3 is 0 Å². The number of hydrogen-bond acceptors (Lipinski definition) is 3. The van der Waals surface area contributed by atoms with Crippen LogP contribution in [0.1, 0.15) is 42.7 Å². The average molecular weight is 299 g/mol. The maximum Gasteiger partial charge on any atom is 0.158 e. The van der Waals surface area contributed by atoms with Crippen LogP contribution >= 0.6 is 23.4 Å². The lowest BCUT2D eigenvalue weighted by Crippen LogP contribution is -2.20. The number of nitrogens with zero attached hydrogens (tertiary/aromatic N) is 4. The highest BCUT2D eigenvalue weighted by atomic mass is 35.5. The molecule has 0 amide bonds. The SMILES string of the molecule is Cc1nn(C)c2c1nc(C(C)Cl)n2C1CCCSC1. The zero-order chi connectivity index (χ0) is 13.6. The molecule has 3 rings (SSSR count). The molecule has 2 atom stereocenters. The van der Waals surface area contributed by atoms with Crippen LogP contribution in [-0.2, 0) is 7.05 Å². The standard InChI is InChI=1S/C13H19ClN4S/c1-8(14)12-15-11-9(2)16-17(3)13(11)18(12)10-5-4-6-19-7-10/h8,10H,4-7H2,1-3H3. The van der Waals surface area contributed by atoms with E-state index in [-0.39, 0.29) is 5.38 Å². The van der Waals surface area contributed by atoms with E-state index in [0.29, 0.717) is 6.04 Å². The van der Waals surface area contributed by atoms with Crippen molar-refractivity contribution in [2.24, 2.45) is 7.05 Å². The lowest BCUT2D eigenvalue weighted by molar-refractivity contribution is 0.484. The Kier molecular flexibility index (Phi) is 3.52. The van der Waals surface area contributed by atoms with E-state index >= 15 is 0 Å². The molecule has 1 aliphatic rings. The van der Waals surface area contributed by atoms with Crippen LogP contribution in [0.4, 0.5) is 0 Å². The third kappa shape index (κ3) is 2.17. The molecule has 1 saturated heterocycles. The van der Waals surface area contributed by atoms with Crippen LogP contribution in [0.5, 0.6) is 0 Å². The van der Waals surface area contributed by atoms with E-state index in [1.54, 1.807) is 0 Å². The van der Waals surface area contributed by atoms with Gasteiger partial charge in [-0.25, -0.2) is 4.98 Å². The van der Waals surface area contributed by atoms with Gasteiger partial charge in [-0.3, -0.25) is 4.68 Å². The third-order valence-corrected chi connectivity index (χ3v) is 5.11. The summed E-state index contributed by atoms with van der Waals surface area (Å²) in [5.74, 6) is 3.40. The summed E-state index contributed by atoms with van der Waals surface area (Å²) < 4.78 is 4.28. The van der Waals surface area contributed by atoms with Crippen molar-refractivity contribution in [3.63, 3.8) is 0 Å². The minimum atomic E-state index is -0.0706. The van der Waals surface area contributed by atoms with Crippen LogP contribution in [0.15, 0.2) is 0 Å². The van der Waals surface area contributed by atoms with E-state index in [1.807, 2.05) is 37.3 Å².